The molecule has 2 N–H and O–H groups in total. The van der Waals surface area contributed by atoms with Gasteiger partial charge in [0.1, 0.15) is 6.04 Å². The molecule has 0 bridgehead atoms. The van der Waals surface area contributed by atoms with Gasteiger partial charge in [-0.15, -0.1) is 11.3 Å². The van der Waals surface area contributed by atoms with Crippen molar-refractivity contribution in [1.82, 2.24) is 5.32 Å². The van der Waals surface area contributed by atoms with Crippen molar-refractivity contribution < 1.29 is 4.79 Å². The summed E-state index contributed by atoms with van der Waals surface area (Å²) in [5, 5.41) is 8.37. The van der Waals surface area contributed by atoms with Crippen molar-refractivity contribution in [3.8, 4) is 0 Å². The SMILES string of the molecule is CC(NC(=O)C1Cc2ccccc2N1)c1cccs1. The number of anilines is 1. The zero-order valence-corrected chi connectivity index (χ0v) is 11.5. The number of benzene rings is 1. The molecule has 0 saturated carbocycles. The lowest BCUT2D eigenvalue weighted by Gasteiger charge is -2.16. The smallest absolute Gasteiger partial charge is 0.243 e. The Morgan fingerprint density at radius 3 is 2.95 bits per heavy atom. The highest BCUT2D eigenvalue weighted by atomic mass is 32.1. The van der Waals surface area contributed by atoms with E-state index in [-0.39, 0.29) is 18.0 Å². The number of hydrogen-bond donors (Lipinski definition) is 2. The molecule has 0 fully saturated rings. The minimum Gasteiger partial charge on any atom is -0.373 e. The van der Waals surface area contributed by atoms with Crippen LogP contribution in [0.5, 0.6) is 0 Å². The predicted molar refractivity (Wildman–Crippen MR) is 78.4 cm³/mol. The topological polar surface area (TPSA) is 41.1 Å². The van der Waals surface area contributed by atoms with Crippen LogP contribution in [0.25, 0.3) is 0 Å². The first-order chi connectivity index (χ1) is 9.24. The summed E-state index contributed by atoms with van der Waals surface area (Å²) in [6.07, 6.45) is 0.763. The molecule has 1 aliphatic rings. The van der Waals surface area contributed by atoms with E-state index in [1.54, 1.807) is 11.3 Å². The number of amides is 1. The molecule has 0 spiro atoms. The largest absolute Gasteiger partial charge is 0.373 e. The van der Waals surface area contributed by atoms with Crippen LogP contribution in [-0.4, -0.2) is 11.9 Å². The molecule has 2 aromatic rings. The molecule has 3 nitrogen and oxygen atoms in total. The fourth-order valence-corrected chi connectivity index (χ4v) is 3.11. The molecule has 2 unspecified atom stereocenters. The third-order valence-corrected chi connectivity index (χ3v) is 4.47. The van der Waals surface area contributed by atoms with Gasteiger partial charge in [-0.1, -0.05) is 24.3 Å². The van der Waals surface area contributed by atoms with Crippen molar-refractivity contribution in [2.24, 2.45) is 0 Å². The van der Waals surface area contributed by atoms with Crippen LogP contribution in [0.3, 0.4) is 0 Å². The highest BCUT2D eigenvalue weighted by Crippen LogP contribution is 2.26. The van der Waals surface area contributed by atoms with E-state index in [4.69, 9.17) is 0 Å². The maximum Gasteiger partial charge on any atom is 0.243 e. The summed E-state index contributed by atoms with van der Waals surface area (Å²) in [6.45, 7) is 2.02. The first-order valence-corrected chi connectivity index (χ1v) is 7.30. The van der Waals surface area contributed by atoms with Gasteiger partial charge in [0, 0.05) is 17.0 Å². The Morgan fingerprint density at radius 2 is 2.21 bits per heavy atom. The standard InChI is InChI=1S/C15H16N2OS/c1-10(14-7-4-8-19-14)16-15(18)13-9-11-5-2-3-6-12(11)17-13/h2-8,10,13,17H,9H2,1H3,(H,16,18). The van der Waals surface area contributed by atoms with E-state index in [1.165, 1.54) is 10.4 Å². The van der Waals surface area contributed by atoms with Gasteiger partial charge >= 0.3 is 0 Å². The van der Waals surface area contributed by atoms with Gasteiger partial charge in [0.05, 0.1) is 6.04 Å². The molecule has 1 amide bonds. The molecule has 0 saturated heterocycles. The maximum absolute atomic E-state index is 12.3. The lowest BCUT2D eigenvalue weighted by atomic mass is 10.1. The Bertz CT molecular complexity index is 555. The van der Waals surface area contributed by atoms with E-state index in [1.807, 2.05) is 42.6 Å². The van der Waals surface area contributed by atoms with E-state index in [0.717, 1.165) is 12.1 Å². The number of carbonyl (C=O) groups is 1. The highest BCUT2D eigenvalue weighted by Gasteiger charge is 2.27. The summed E-state index contributed by atoms with van der Waals surface area (Å²) in [4.78, 5) is 13.4. The number of rotatable bonds is 3. The van der Waals surface area contributed by atoms with Gasteiger partial charge in [-0.3, -0.25) is 4.79 Å². The molecule has 2 heterocycles. The second-order valence-corrected chi connectivity index (χ2v) is 5.78. The zero-order chi connectivity index (χ0) is 13.2. The first kappa shape index (κ1) is 12.2. The lowest BCUT2D eigenvalue weighted by molar-refractivity contribution is -0.122. The third-order valence-electron chi connectivity index (χ3n) is 3.42. The van der Waals surface area contributed by atoms with Crippen LogP contribution in [0.15, 0.2) is 41.8 Å². The molecule has 98 valence electrons. The number of fused-ring (bicyclic) bond motifs is 1. The number of thiophene rings is 1. The van der Waals surface area contributed by atoms with Gasteiger partial charge in [0.15, 0.2) is 0 Å². The van der Waals surface area contributed by atoms with Gasteiger partial charge in [-0.25, -0.2) is 0 Å². The normalized spacial score (nSPS) is 18.5. The fourth-order valence-electron chi connectivity index (χ4n) is 2.38. The van der Waals surface area contributed by atoms with Crippen LogP contribution >= 0.6 is 11.3 Å². The predicted octanol–water partition coefficient (Wildman–Crippen LogP) is 2.96. The Balaban J connectivity index is 1.64. The summed E-state index contributed by atoms with van der Waals surface area (Å²) in [5.74, 6) is 0.0668. The average Bonchev–Trinajstić information content (AvgIpc) is 3.07. The molecule has 1 aliphatic heterocycles. The van der Waals surface area contributed by atoms with Crippen LogP contribution in [-0.2, 0) is 11.2 Å². The summed E-state index contributed by atoms with van der Waals surface area (Å²) < 4.78 is 0. The molecule has 4 heteroatoms. The van der Waals surface area contributed by atoms with Crippen LogP contribution in [0.2, 0.25) is 0 Å². The molecular formula is C15H16N2OS. The fraction of sp³-hybridized carbons (Fsp3) is 0.267. The summed E-state index contributed by atoms with van der Waals surface area (Å²) in [6, 6.07) is 12.1. The van der Waals surface area contributed by atoms with Crippen molar-refractivity contribution >= 4 is 22.9 Å². The van der Waals surface area contributed by atoms with Crippen LogP contribution in [0.1, 0.15) is 23.4 Å². The molecule has 2 atom stereocenters. The van der Waals surface area contributed by atoms with Gasteiger partial charge in [0.25, 0.3) is 0 Å². The maximum atomic E-state index is 12.3. The highest BCUT2D eigenvalue weighted by molar-refractivity contribution is 7.10. The lowest BCUT2D eigenvalue weighted by Crippen LogP contribution is -2.39. The molecule has 1 aromatic carbocycles. The van der Waals surface area contributed by atoms with Crippen LogP contribution in [0.4, 0.5) is 5.69 Å². The quantitative estimate of drug-likeness (QED) is 0.902. The van der Waals surface area contributed by atoms with E-state index in [0.29, 0.717) is 0 Å². The van der Waals surface area contributed by atoms with E-state index in [9.17, 15) is 4.79 Å². The van der Waals surface area contributed by atoms with Gasteiger partial charge in [0.2, 0.25) is 5.91 Å². The van der Waals surface area contributed by atoms with E-state index in [2.05, 4.69) is 16.7 Å². The van der Waals surface area contributed by atoms with Crippen LogP contribution < -0.4 is 10.6 Å². The summed E-state index contributed by atoms with van der Waals surface area (Å²) in [7, 11) is 0. The Morgan fingerprint density at radius 1 is 1.37 bits per heavy atom. The molecule has 1 aromatic heterocycles. The summed E-state index contributed by atoms with van der Waals surface area (Å²) >= 11 is 1.67. The second kappa shape index (κ2) is 5.05. The van der Waals surface area contributed by atoms with Crippen molar-refractivity contribution in [2.45, 2.75) is 25.4 Å². The van der Waals surface area contributed by atoms with Crippen molar-refractivity contribution in [1.29, 1.82) is 0 Å². The third kappa shape index (κ3) is 2.49. The minimum atomic E-state index is -0.153. The monoisotopic (exact) mass is 272 g/mol. The van der Waals surface area contributed by atoms with Gasteiger partial charge in [-0.2, -0.15) is 0 Å². The Hall–Kier alpha value is -1.81. The molecule has 19 heavy (non-hydrogen) atoms. The average molecular weight is 272 g/mol. The van der Waals surface area contributed by atoms with E-state index >= 15 is 0 Å². The van der Waals surface area contributed by atoms with Crippen molar-refractivity contribution in [2.75, 3.05) is 5.32 Å². The number of para-hydroxylation sites is 1. The second-order valence-electron chi connectivity index (χ2n) is 4.80. The van der Waals surface area contributed by atoms with Crippen molar-refractivity contribution in [3.63, 3.8) is 0 Å². The zero-order valence-electron chi connectivity index (χ0n) is 10.7. The first-order valence-electron chi connectivity index (χ1n) is 6.42. The van der Waals surface area contributed by atoms with Crippen molar-refractivity contribution in [3.05, 3.63) is 52.2 Å². The Labute approximate surface area is 116 Å². The number of hydrogen-bond acceptors (Lipinski definition) is 3. The molecule has 0 radical (unpaired) electrons. The molecule has 3 rings (SSSR count). The Kier molecular flexibility index (Phi) is 3.25. The summed E-state index contributed by atoms with van der Waals surface area (Å²) in [5.41, 5.74) is 2.29. The van der Waals surface area contributed by atoms with Gasteiger partial charge < -0.3 is 10.6 Å². The number of carbonyl (C=O) groups excluding carboxylic acids is 1. The van der Waals surface area contributed by atoms with Crippen LogP contribution in [0, 0.1) is 0 Å². The minimum absolute atomic E-state index is 0.0668. The molecule has 0 aliphatic carbocycles. The van der Waals surface area contributed by atoms with E-state index < -0.39 is 0 Å². The molecular weight excluding hydrogens is 256 g/mol. The van der Waals surface area contributed by atoms with Gasteiger partial charge in [-0.05, 0) is 30.0 Å². The number of nitrogens with one attached hydrogen (secondary N) is 2.